The molecular formula is C19H31IN6S. The lowest BCUT2D eigenvalue weighted by Gasteiger charge is -2.17. The summed E-state index contributed by atoms with van der Waals surface area (Å²) in [6, 6.07) is 6.53. The number of halogens is 1. The number of nitrogens with one attached hydrogen (secondary N) is 2. The zero-order valence-corrected chi connectivity index (χ0v) is 19.4. The Balaban J connectivity index is 0.00000261. The Hall–Kier alpha value is -1.03. The van der Waals surface area contributed by atoms with Crippen LogP contribution in [0.4, 0.5) is 0 Å². The molecule has 0 aliphatic heterocycles. The summed E-state index contributed by atoms with van der Waals surface area (Å²) >= 11 is 2.09. The number of guanidine groups is 1. The molecule has 0 bridgehead atoms. The maximum Gasteiger partial charge on any atom is 0.191 e. The second-order valence-electron chi connectivity index (χ2n) is 6.64. The van der Waals surface area contributed by atoms with Gasteiger partial charge in [-0.2, -0.15) is 11.8 Å². The van der Waals surface area contributed by atoms with E-state index in [1.54, 1.807) is 0 Å². The molecule has 6 nitrogen and oxygen atoms in total. The van der Waals surface area contributed by atoms with Crippen LogP contribution in [0.2, 0.25) is 0 Å². The van der Waals surface area contributed by atoms with Gasteiger partial charge in [0.2, 0.25) is 0 Å². The predicted octanol–water partition coefficient (Wildman–Crippen LogP) is 3.51. The van der Waals surface area contributed by atoms with Crippen molar-refractivity contribution in [3.05, 3.63) is 30.2 Å². The SMILES string of the molecule is CCNC(=NCCCc1nnc2ccccn12)NC1CCC(SCC)C1.I. The van der Waals surface area contributed by atoms with E-state index < -0.39 is 0 Å². The van der Waals surface area contributed by atoms with Gasteiger partial charge in [0.15, 0.2) is 11.6 Å². The minimum atomic E-state index is 0. The van der Waals surface area contributed by atoms with E-state index in [1.165, 1.54) is 25.0 Å². The van der Waals surface area contributed by atoms with Crippen molar-refractivity contribution in [3.8, 4) is 0 Å². The summed E-state index contributed by atoms with van der Waals surface area (Å²) in [4.78, 5) is 4.76. The molecule has 0 amide bonds. The molecule has 2 N–H and O–H groups in total. The first-order valence-electron chi connectivity index (χ1n) is 9.75. The monoisotopic (exact) mass is 502 g/mol. The summed E-state index contributed by atoms with van der Waals surface area (Å²) < 4.78 is 2.05. The fourth-order valence-electron chi connectivity index (χ4n) is 3.46. The molecule has 3 rings (SSSR count). The number of nitrogens with zero attached hydrogens (tertiary/aromatic N) is 4. The van der Waals surface area contributed by atoms with Crippen LogP contribution in [0.5, 0.6) is 0 Å². The van der Waals surface area contributed by atoms with E-state index in [0.29, 0.717) is 6.04 Å². The maximum atomic E-state index is 4.76. The molecule has 1 fully saturated rings. The van der Waals surface area contributed by atoms with Gasteiger partial charge in [0, 0.05) is 37.0 Å². The molecule has 0 saturated heterocycles. The molecule has 2 heterocycles. The van der Waals surface area contributed by atoms with Crippen molar-refractivity contribution in [2.75, 3.05) is 18.8 Å². The number of hydrogen-bond acceptors (Lipinski definition) is 4. The van der Waals surface area contributed by atoms with Crippen molar-refractivity contribution >= 4 is 47.3 Å². The lowest BCUT2D eigenvalue weighted by Crippen LogP contribution is -2.42. The van der Waals surface area contributed by atoms with Crippen LogP contribution in [-0.4, -0.2) is 50.7 Å². The number of fused-ring (bicyclic) bond motifs is 1. The number of aryl methyl sites for hydroxylation is 1. The highest BCUT2D eigenvalue weighted by Gasteiger charge is 2.25. The molecule has 2 atom stereocenters. The van der Waals surface area contributed by atoms with Crippen molar-refractivity contribution in [1.82, 2.24) is 25.2 Å². The third-order valence-electron chi connectivity index (χ3n) is 4.68. The highest BCUT2D eigenvalue weighted by atomic mass is 127. The fourth-order valence-corrected chi connectivity index (χ4v) is 4.60. The molecule has 1 aliphatic rings. The Bertz CT molecular complexity index is 719. The van der Waals surface area contributed by atoms with Crippen LogP contribution < -0.4 is 10.6 Å². The predicted molar refractivity (Wildman–Crippen MR) is 125 cm³/mol. The van der Waals surface area contributed by atoms with Gasteiger partial charge in [-0.1, -0.05) is 13.0 Å². The van der Waals surface area contributed by atoms with E-state index in [9.17, 15) is 0 Å². The average molecular weight is 502 g/mol. The topological polar surface area (TPSA) is 66.6 Å². The lowest BCUT2D eigenvalue weighted by atomic mass is 10.2. The van der Waals surface area contributed by atoms with E-state index in [2.05, 4.69) is 50.8 Å². The highest BCUT2D eigenvalue weighted by Crippen LogP contribution is 2.29. The van der Waals surface area contributed by atoms with E-state index in [1.807, 2.05) is 24.4 Å². The zero-order chi connectivity index (χ0) is 18.2. The van der Waals surface area contributed by atoms with Gasteiger partial charge < -0.3 is 10.6 Å². The average Bonchev–Trinajstić information content (AvgIpc) is 3.26. The molecule has 27 heavy (non-hydrogen) atoms. The van der Waals surface area contributed by atoms with Crippen LogP contribution in [0.1, 0.15) is 45.4 Å². The van der Waals surface area contributed by atoms with Crippen LogP contribution in [0.15, 0.2) is 29.4 Å². The van der Waals surface area contributed by atoms with Crippen LogP contribution in [0, 0.1) is 0 Å². The summed E-state index contributed by atoms with van der Waals surface area (Å²) in [6.07, 6.45) is 7.67. The number of pyridine rings is 1. The second kappa shape index (κ2) is 11.7. The Morgan fingerprint density at radius 1 is 1.30 bits per heavy atom. The minimum absolute atomic E-state index is 0. The number of thioether (sulfide) groups is 1. The smallest absolute Gasteiger partial charge is 0.191 e. The van der Waals surface area contributed by atoms with E-state index in [4.69, 9.17) is 4.99 Å². The summed E-state index contributed by atoms with van der Waals surface area (Å²) in [5.74, 6) is 3.16. The first-order valence-corrected chi connectivity index (χ1v) is 10.8. The minimum Gasteiger partial charge on any atom is -0.357 e. The summed E-state index contributed by atoms with van der Waals surface area (Å²) in [7, 11) is 0. The summed E-state index contributed by atoms with van der Waals surface area (Å²) in [5.41, 5.74) is 0.904. The zero-order valence-electron chi connectivity index (χ0n) is 16.2. The van der Waals surface area contributed by atoms with Gasteiger partial charge >= 0.3 is 0 Å². The largest absolute Gasteiger partial charge is 0.357 e. The molecule has 8 heteroatoms. The van der Waals surface area contributed by atoms with Gasteiger partial charge in [0.1, 0.15) is 5.82 Å². The van der Waals surface area contributed by atoms with Gasteiger partial charge in [-0.25, -0.2) is 0 Å². The Kier molecular flexibility index (Phi) is 9.67. The van der Waals surface area contributed by atoms with Crippen molar-refractivity contribution in [2.45, 2.75) is 57.2 Å². The molecule has 2 aromatic heterocycles. The van der Waals surface area contributed by atoms with E-state index in [-0.39, 0.29) is 24.0 Å². The van der Waals surface area contributed by atoms with Crippen LogP contribution in [-0.2, 0) is 6.42 Å². The third-order valence-corrected chi connectivity index (χ3v) is 5.92. The normalized spacial score (nSPS) is 19.9. The first kappa shape index (κ1) is 22.3. The summed E-state index contributed by atoms with van der Waals surface area (Å²) in [6.45, 7) is 6.04. The van der Waals surface area contributed by atoms with Gasteiger partial charge in [-0.05, 0) is 50.5 Å². The van der Waals surface area contributed by atoms with Crippen molar-refractivity contribution in [2.24, 2.45) is 4.99 Å². The quantitative estimate of drug-likeness (QED) is 0.250. The second-order valence-corrected chi connectivity index (χ2v) is 8.22. The first-order chi connectivity index (χ1) is 12.8. The number of hydrogen-bond donors (Lipinski definition) is 2. The molecule has 0 aromatic carbocycles. The van der Waals surface area contributed by atoms with Crippen LogP contribution in [0.3, 0.4) is 0 Å². The Labute approximate surface area is 183 Å². The van der Waals surface area contributed by atoms with Gasteiger partial charge in [-0.3, -0.25) is 9.39 Å². The number of aliphatic imine (C=N–C) groups is 1. The standard InChI is InChI=1S/C19H30N6S.HI/c1-3-20-19(22-15-10-11-16(14-15)26-4-2)21-12-7-9-18-24-23-17-8-5-6-13-25(17)18;/h5-6,8,13,15-16H,3-4,7,9-12,14H2,1-2H3,(H2,20,21,22);1H. The lowest BCUT2D eigenvalue weighted by molar-refractivity contribution is 0.613. The van der Waals surface area contributed by atoms with Crippen LogP contribution in [0.25, 0.3) is 5.65 Å². The van der Waals surface area contributed by atoms with E-state index in [0.717, 1.165) is 48.6 Å². The molecule has 2 aromatic rings. The molecule has 1 aliphatic carbocycles. The van der Waals surface area contributed by atoms with Crippen molar-refractivity contribution < 1.29 is 0 Å². The fraction of sp³-hybridized carbons (Fsp3) is 0.632. The van der Waals surface area contributed by atoms with Gasteiger partial charge in [-0.15, -0.1) is 34.2 Å². The molecule has 150 valence electrons. The molecule has 0 spiro atoms. The molecule has 2 unspecified atom stereocenters. The molecular weight excluding hydrogens is 471 g/mol. The highest BCUT2D eigenvalue weighted by molar-refractivity contribution is 14.0. The Morgan fingerprint density at radius 2 is 2.19 bits per heavy atom. The van der Waals surface area contributed by atoms with Gasteiger partial charge in [0.05, 0.1) is 0 Å². The molecule has 1 saturated carbocycles. The maximum absolute atomic E-state index is 4.76. The number of rotatable bonds is 8. The van der Waals surface area contributed by atoms with Crippen molar-refractivity contribution in [1.29, 1.82) is 0 Å². The van der Waals surface area contributed by atoms with Gasteiger partial charge in [0.25, 0.3) is 0 Å². The Morgan fingerprint density at radius 3 is 3.00 bits per heavy atom. The van der Waals surface area contributed by atoms with Crippen molar-refractivity contribution in [3.63, 3.8) is 0 Å². The number of aromatic nitrogens is 3. The summed E-state index contributed by atoms with van der Waals surface area (Å²) in [5, 5.41) is 16.3. The molecule has 0 radical (unpaired) electrons. The van der Waals surface area contributed by atoms with Crippen LogP contribution >= 0.6 is 35.7 Å². The van der Waals surface area contributed by atoms with E-state index >= 15 is 0 Å². The third kappa shape index (κ3) is 6.51.